The zero-order valence-corrected chi connectivity index (χ0v) is 12.2. The molecule has 2 aromatic carbocycles. The number of pyridine rings is 1. The molecule has 23 heavy (non-hydrogen) atoms. The van der Waals surface area contributed by atoms with Crippen molar-refractivity contribution < 1.29 is 18.0 Å². The maximum Gasteiger partial charge on any atom is 0.417 e. The number of aryl methyl sites for hydroxylation is 1. The monoisotopic (exact) mass is 315 g/mol. The number of halogens is 3. The van der Waals surface area contributed by atoms with Gasteiger partial charge in [-0.15, -0.1) is 0 Å². The van der Waals surface area contributed by atoms with Crippen LogP contribution in [0.4, 0.5) is 13.2 Å². The number of hydrogen-bond donors (Lipinski definition) is 0. The zero-order valence-electron chi connectivity index (χ0n) is 12.2. The van der Waals surface area contributed by atoms with Gasteiger partial charge in [-0.1, -0.05) is 36.4 Å². The number of carbonyl (C=O) groups excluding carboxylic acids is 1. The molecule has 0 N–H and O–H groups in total. The quantitative estimate of drug-likeness (QED) is 0.620. The number of alkyl halides is 3. The largest absolute Gasteiger partial charge is 0.417 e. The minimum atomic E-state index is -4.51. The third-order valence-corrected chi connectivity index (χ3v) is 3.69. The molecule has 0 atom stereocenters. The van der Waals surface area contributed by atoms with Crippen LogP contribution in [-0.2, 0) is 6.18 Å². The van der Waals surface area contributed by atoms with Crippen LogP contribution in [0, 0.1) is 6.92 Å². The molecule has 0 spiro atoms. The van der Waals surface area contributed by atoms with E-state index in [2.05, 4.69) is 4.98 Å². The minimum Gasteiger partial charge on any atom is -0.298 e. The molecule has 2 nitrogen and oxygen atoms in total. The Hall–Kier alpha value is -2.69. The van der Waals surface area contributed by atoms with Crippen LogP contribution in [0.25, 0.3) is 22.2 Å². The van der Waals surface area contributed by atoms with Crippen LogP contribution in [0.3, 0.4) is 0 Å². The molecular formula is C18H12F3NO. The molecule has 0 fully saturated rings. The van der Waals surface area contributed by atoms with Crippen molar-refractivity contribution in [2.24, 2.45) is 0 Å². The van der Waals surface area contributed by atoms with Gasteiger partial charge in [-0.3, -0.25) is 4.79 Å². The molecule has 0 aliphatic rings. The summed E-state index contributed by atoms with van der Waals surface area (Å²) in [6, 6.07) is 12.2. The first kappa shape index (κ1) is 15.2. The molecule has 0 amide bonds. The lowest BCUT2D eigenvalue weighted by molar-refractivity contribution is -0.137. The van der Waals surface area contributed by atoms with Crippen LogP contribution in [0.15, 0.2) is 48.5 Å². The summed E-state index contributed by atoms with van der Waals surface area (Å²) in [5.41, 5.74) is 0.723. The Balaban J connectivity index is 2.37. The highest BCUT2D eigenvalue weighted by atomic mass is 19.4. The first-order valence-corrected chi connectivity index (χ1v) is 6.94. The molecule has 0 saturated carbocycles. The van der Waals surface area contributed by atoms with E-state index < -0.39 is 11.7 Å². The normalized spacial score (nSPS) is 11.7. The van der Waals surface area contributed by atoms with Crippen molar-refractivity contribution in [3.63, 3.8) is 0 Å². The van der Waals surface area contributed by atoms with E-state index in [1.165, 1.54) is 18.2 Å². The van der Waals surface area contributed by atoms with Gasteiger partial charge in [0.25, 0.3) is 0 Å². The number of rotatable bonds is 2. The van der Waals surface area contributed by atoms with E-state index in [1.807, 2.05) is 19.1 Å². The lowest BCUT2D eigenvalue weighted by atomic mass is 9.98. The molecule has 0 radical (unpaired) electrons. The standard InChI is InChI=1S/C18H12F3NO/c1-11-5-4-6-12-9-13(10-23)17(22-16(11)12)14-7-2-3-8-15(14)18(19,20)21/h2-10H,1H3. The van der Waals surface area contributed by atoms with Gasteiger partial charge in [0.1, 0.15) is 0 Å². The molecule has 0 aliphatic heterocycles. The first-order chi connectivity index (χ1) is 10.9. The molecule has 3 rings (SSSR count). The Kier molecular flexibility index (Phi) is 3.64. The molecule has 0 saturated heterocycles. The number of para-hydroxylation sites is 1. The summed E-state index contributed by atoms with van der Waals surface area (Å²) in [6.07, 6.45) is -3.98. The van der Waals surface area contributed by atoms with Gasteiger partial charge in [-0.25, -0.2) is 4.98 Å². The fraction of sp³-hybridized carbons (Fsp3) is 0.111. The minimum absolute atomic E-state index is 0.0507. The predicted molar refractivity (Wildman–Crippen MR) is 82.3 cm³/mol. The second kappa shape index (κ2) is 5.50. The van der Waals surface area contributed by atoms with E-state index in [0.717, 1.165) is 17.0 Å². The zero-order chi connectivity index (χ0) is 16.6. The highest BCUT2D eigenvalue weighted by Crippen LogP contribution is 2.37. The van der Waals surface area contributed by atoms with Gasteiger partial charge >= 0.3 is 6.18 Å². The number of carbonyl (C=O) groups is 1. The fourth-order valence-corrected chi connectivity index (χ4v) is 2.61. The molecule has 5 heteroatoms. The molecule has 0 aliphatic carbocycles. The lowest BCUT2D eigenvalue weighted by Crippen LogP contribution is -2.08. The summed E-state index contributed by atoms with van der Waals surface area (Å²) < 4.78 is 39.7. The van der Waals surface area contributed by atoms with Gasteiger partial charge in [0.15, 0.2) is 6.29 Å². The summed E-state index contributed by atoms with van der Waals surface area (Å²) in [4.78, 5) is 15.7. The van der Waals surface area contributed by atoms with Gasteiger partial charge in [0, 0.05) is 16.5 Å². The Labute approximate surface area is 130 Å². The molecule has 1 aromatic heterocycles. The van der Waals surface area contributed by atoms with Gasteiger partial charge in [-0.2, -0.15) is 13.2 Å². The lowest BCUT2D eigenvalue weighted by Gasteiger charge is -2.14. The van der Waals surface area contributed by atoms with Crippen LogP contribution in [0.2, 0.25) is 0 Å². The van der Waals surface area contributed by atoms with E-state index in [1.54, 1.807) is 12.1 Å². The third-order valence-electron chi connectivity index (χ3n) is 3.69. The van der Waals surface area contributed by atoms with Crippen LogP contribution in [0.5, 0.6) is 0 Å². The van der Waals surface area contributed by atoms with Crippen LogP contribution < -0.4 is 0 Å². The van der Waals surface area contributed by atoms with Crippen molar-refractivity contribution in [1.82, 2.24) is 4.98 Å². The summed E-state index contributed by atoms with van der Waals surface area (Å²) >= 11 is 0. The smallest absolute Gasteiger partial charge is 0.298 e. The SMILES string of the molecule is Cc1cccc2cc(C=O)c(-c3ccccc3C(F)(F)F)nc12. The number of fused-ring (bicyclic) bond motifs is 1. The summed E-state index contributed by atoms with van der Waals surface area (Å²) in [7, 11) is 0. The maximum absolute atomic E-state index is 13.2. The highest BCUT2D eigenvalue weighted by molar-refractivity contribution is 5.94. The van der Waals surface area contributed by atoms with E-state index >= 15 is 0 Å². The molecule has 1 heterocycles. The Morgan fingerprint density at radius 1 is 1.04 bits per heavy atom. The summed E-state index contributed by atoms with van der Waals surface area (Å²) in [5, 5.41) is 0.723. The Bertz CT molecular complexity index is 900. The molecule has 3 aromatic rings. The van der Waals surface area contributed by atoms with E-state index in [4.69, 9.17) is 0 Å². The second-order valence-electron chi connectivity index (χ2n) is 5.23. The number of nitrogens with zero attached hydrogens (tertiary/aromatic N) is 1. The summed E-state index contributed by atoms with van der Waals surface area (Å²) in [6.45, 7) is 1.83. The van der Waals surface area contributed by atoms with Crippen molar-refractivity contribution in [3.8, 4) is 11.3 Å². The Morgan fingerprint density at radius 3 is 2.48 bits per heavy atom. The van der Waals surface area contributed by atoms with Crippen molar-refractivity contribution in [2.75, 3.05) is 0 Å². The molecule has 0 bridgehead atoms. The van der Waals surface area contributed by atoms with Crippen LogP contribution in [0.1, 0.15) is 21.5 Å². The van der Waals surface area contributed by atoms with Crippen LogP contribution >= 0.6 is 0 Å². The van der Waals surface area contributed by atoms with Crippen LogP contribution in [-0.4, -0.2) is 11.3 Å². The van der Waals surface area contributed by atoms with E-state index in [0.29, 0.717) is 11.8 Å². The maximum atomic E-state index is 13.2. The van der Waals surface area contributed by atoms with E-state index in [9.17, 15) is 18.0 Å². The van der Waals surface area contributed by atoms with Gasteiger partial charge < -0.3 is 0 Å². The Morgan fingerprint density at radius 2 is 1.78 bits per heavy atom. The van der Waals surface area contributed by atoms with E-state index in [-0.39, 0.29) is 16.8 Å². The highest BCUT2D eigenvalue weighted by Gasteiger charge is 2.34. The fourth-order valence-electron chi connectivity index (χ4n) is 2.61. The average Bonchev–Trinajstić information content (AvgIpc) is 2.53. The van der Waals surface area contributed by atoms with Crippen molar-refractivity contribution in [2.45, 2.75) is 13.1 Å². The molecule has 0 unspecified atom stereocenters. The topological polar surface area (TPSA) is 30.0 Å². The molecule has 116 valence electrons. The van der Waals surface area contributed by atoms with Gasteiger partial charge in [-0.05, 0) is 24.6 Å². The number of hydrogen-bond acceptors (Lipinski definition) is 2. The number of aldehydes is 1. The predicted octanol–water partition coefficient (Wildman–Crippen LogP) is 5.04. The average molecular weight is 315 g/mol. The van der Waals surface area contributed by atoms with Crippen molar-refractivity contribution in [1.29, 1.82) is 0 Å². The third kappa shape index (κ3) is 2.70. The summed E-state index contributed by atoms with van der Waals surface area (Å²) in [5.74, 6) is 0. The first-order valence-electron chi connectivity index (χ1n) is 6.94. The second-order valence-corrected chi connectivity index (χ2v) is 5.23. The van der Waals surface area contributed by atoms with Crippen molar-refractivity contribution >= 4 is 17.2 Å². The molecular weight excluding hydrogens is 303 g/mol. The number of benzene rings is 2. The van der Waals surface area contributed by atoms with Crippen molar-refractivity contribution in [3.05, 3.63) is 65.2 Å². The number of aromatic nitrogens is 1. The van der Waals surface area contributed by atoms with Gasteiger partial charge in [0.05, 0.1) is 16.8 Å². The van der Waals surface area contributed by atoms with Gasteiger partial charge in [0.2, 0.25) is 0 Å².